The normalized spacial score (nSPS) is 28.8. The minimum atomic E-state index is -0.562. The zero-order chi connectivity index (χ0) is 14.2. The lowest BCUT2D eigenvalue weighted by molar-refractivity contribution is -0.231. The number of amides is 1. The Balaban J connectivity index is 1.54. The van der Waals surface area contributed by atoms with E-state index >= 15 is 0 Å². The van der Waals surface area contributed by atoms with Crippen LogP contribution in [0, 0.1) is 0 Å². The number of rotatable bonds is 4. The Kier molecular flexibility index (Phi) is 3.31. The lowest BCUT2D eigenvalue weighted by atomic mass is 9.89. The molecule has 3 rings (SSSR count). The third-order valence-electron chi connectivity index (χ3n) is 4.08. The summed E-state index contributed by atoms with van der Waals surface area (Å²) >= 11 is 0. The Labute approximate surface area is 117 Å². The monoisotopic (exact) mass is 274 g/mol. The second kappa shape index (κ2) is 5.00. The minimum Gasteiger partial charge on any atom is -0.298 e. The van der Waals surface area contributed by atoms with Gasteiger partial charge in [-0.2, -0.15) is 0 Å². The van der Waals surface area contributed by atoms with Gasteiger partial charge in [-0.15, -0.1) is 0 Å². The van der Waals surface area contributed by atoms with Gasteiger partial charge in [-0.3, -0.25) is 19.7 Å². The standard InChI is InChI=1S/C15H18N2O3/c1-11(18)13-7-8-15(16-13)10-17(14(15)19)20-9-12-5-3-2-4-6-12/h2-6,13,16H,7-10H2,1H3. The number of ketones is 1. The molecule has 5 heteroatoms. The number of carbonyl (C=O) groups excluding carboxylic acids is 2. The molecular formula is C15H18N2O3. The Bertz CT molecular complexity index is 531. The summed E-state index contributed by atoms with van der Waals surface area (Å²) in [5.41, 5.74) is 0.467. The van der Waals surface area contributed by atoms with Crippen LogP contribution in [0.3, 0.4) is 0 Å². The molecule has 2 fully saturated rings. The van der Waals surface area contributed by atoms with Gasteiger partial charge in [0.05, 0.1) is 12.6 Å². The lowest BCUT2D eigenvalue weighted by Gasteiger charge is -2.45. The predicted octanol–water partition coefficient (Wildman–Crippen LogP) is 1.04. The summed E-state index contributed by atoms with van der Waals surface area (Å²) < 4.78 is 0. The molecule has 1 amide bonds. The molecule has 1 spiro atoms. The zero-order valence-electron chi connectivity index (χ0n) is 11.5. The minimum absolute atomic E-state index is 0.0582. The SMILES string of the molecule is CC(=O)C1CCC2(CN(OCc3ccccc3)C2=O)N1. The summed E-state index contributed by atoms with van der Waals surface area (Å²) in [6.07, 6.45) is 1.44. The molecule has 2 aliphatic heterocycles. The van der Waals surface area contributed by atoms with Gasteiger partial charge in [-0.1, -0.05) is 30.3 Å². The van der Waals surface area contributed by atoms with E-state index in [4.69, 9.17) is 4.84 Å². The summed E-state index contributed by atoms with van der Waals surface area (Å²) in [5.74, 6) is 0.0375. The number of benzene rings is 1. The molecule has 2 heterocycles. The molecule has 0 saturated carbocycles. The molecule has 1 aromatic rings. The molecule has 1 aromatic carbocycles. The average Bonchev–Trinajstić information content (AvgIpc) is 2.92. The van der Waals surface area contributed by atoms with Crippen LogP contribution in [0.5, 0.6) is 0 Å². The predicted molar refractivity (Wildman–Crippen MR) is 72.5 cm³/mol. The van der Waals surface area contributed by atoms with Crippen molar-refractivity contribution in [3.8, 4) is 0 Å². The maximum Gasteiger partial charge on any atom is 0.268 e. The van der Waals surface area contributed by atoms with E-state index in [0.29, 0.717) is 19.6 Å². The first-order valence-corrected chi connectivity index (χ1v) is 6.88. The van der Waals surface area contributed by atoms with Crippen LogP contribution in [0.4, 0.5) is 0 Å². The van der Waals surface area contributed by atoms with Crippen LogP contribution in [0.25, 0.3) is 0 Å². The third kappa shape index (κ3) is 2.23. The average molecular weight is 274 g/mol. The molecule has 2 atom stereocenters. The van der Waals surface area contributed by atoms with Crippen LogP contribution in [0.1, 0.15) is 25.3 Å². The number of nitrogens with one attached hydrogen (secondary N) is 1. The Morgan fingerprint density at radius 2 is 2.20 bits per heavy atom. The highest BCUT2D eigenvalue weighted by atomic mass is 16.7. The summed E-state index contributed by atoms with van der Waals surface area (Å²) in [7, 11) is 0. The van der Waals surface area contributed by atoms with Crippen molar-refractivity contribution < 1.29 is 14.4 Å². The first kappa shape index (κ1) is 13.3. The van der Waals surface area contributed by atoms with Gasteiger partial charge >= 0.3 is 0 Å². The molecule has 0 bridgehead atoms. The van der Waals surface area contributed by atoms with E-state index in [9.17, 15) is 9.59 Å². The van der Waals surface area contributed by atoms with Crippen LogP contribution >= 0.6 is 0 Å². The molecule has 2 saturated heterocycles. The van der Waals surface area contributed by atoms with Crippen LogP contribution in [-0.2, 0) is 21.0 Å². The molecule has 0 aliphatic carbocycles. The van der Waals surface area contributed by atoms with Crippen molar-refractivity contribution in [3.05, 3.63) is 35.9 Å². The quantitative estimate of drug-likeness (QED) is 0.833. The van der Waals surface area contributed by atoms with Crippen molar-refractivity contribution >= 4 is 11.7 Å². The number of β-lactam (4-membered cyclic amide) rings is 1. The van der Waals surface area contributed by atoms with E-state index in [1.54, 1.807) is 6.92 Å². The Hall–Kier alpha value is -1.72. The summed E-state index contributed by atoms with van der Waals surface area (Å²) in [4.78, 5) is 29.1. The number of nitrogens with zero attached hydrogens (tertiary/aromatic N) is 1. The van der Waals surface area contributed by atoms with Crippen molar-refractivity contribution in [1.29, 1.82) is 0 Å². The van der Waals surface area contributed by atoms with E-state index in [0.717, 1.165) is 12.0 Å². The number of hydroxylamine groups is 2. The highest BCUT2D eigenvalue weighted by molar-refractivity contribution is 5.94. The smallest absolute Gasteiger partial charge is 0.268 e. The second-order valence-corrected chi connectivity index (χ2v) is 5.53. The number of carbonyl (C=O) groups is 2. The number of hydrogen-bond donors (Lipinski definition) is 1. The fraction of sp³-hybridized carbons (Fsp3) is 0.467. The van der Waals surface area contributed by atoms with Gasteiger partial charge in [0.25, 0.3) is 5.91 Å². The molecule has 5 nitrogen and oxygen atoms in total. The van der Waals surface area contributed by atoms with Crippen LogP contribution in [0.15, 0.2) is 30.3 Å². The molecule has 0 radical (unpaired) electrons. The number of hydrogen-bond acceptors (Lipinski definition) is 4. The second-order valence-electron chi connectivity index (χ2n) is 5.53. The molecule has 1 N–H and O–H groups in total. The zero-order valence-corrected chi connectivity index (χ0v) is 11.5. The van der Waals surface area contributed by atoms with Gasteiger partial charge < -0.3 is 0 Å². The van der Waals surface area contributed by atoms with E-state index in [2.05, 4.69) is 5.32 Å². The van der Waals surface area contributed by atoms with Gasteiger partial charge in [0.15, 0.2) is 0 Å². The molecule has 0 aromatic heterocycles. The van der Waals surface area contributed by atoms with E-state index in [1.807, 2.05) is 30.3 Å². The Morgan fingerprint density at radius 3 is 2.80 bits per heavy atom. The third-order valence-corrected chi connectivity index (χ3v) is 4.08. The fourth-order valence-electron chi connectivity index (χ4n) is 2.83. The first-order valence-electron chi connectivity index (χ1n) is 6.88. The fourth-order valence-corrected chi connectivity index (χ4v) is 2.83. The first-order chi connectivity index (χ1) is 9.61. The van der Waals surface area contributed by atoms with Crippen LogP contribution < -0.4 is 5.32 Å². The molecule has 106 valence electrons. The van der Waals surface area contributed by atoms with Crippen LogP contribution in [-0.4, -0.2) is 34.9 Å². The number of Topliss-reactive ketones (excluding diaryl/α,β-unsaturated/α-hetero) is 1. The van der Waals surface area contributed by atoms with Crippen molar-refractivity contribution in [2.45, 2.75) is 38.0 Å². The largest absolute Gasteiger partial charge is 0.298 e. The summed E-state index contributed by atoms with van der Waals surface area (Å²) in [6, 6.07) is 9.55. The van der Waals surface area contributed by atoms with Crippen molar-refractivity contribution in [2.24, 2.45) is 0 Å². The van der Waals surface area contributed by atoms with Crippen LogP contribution in [0.2, 0.25) is 0 Å². The van der Waals surface area contributed by atoms with Crippen molar-refractivity contribution in [2.75, 3.05) is 6.54 Å². The van der Waals surface area contributed by atoms with Gasteiger partial charge in [0.2, 0.25) is 0 Å². The molecular weight excluding hydrogens is 256 g/mol. The van der Waals surface area contributed by atoms with E-state index in [-0.39, 0.29) is 17.7 Å². The van der Waals surface area contributed by atoms with Gasteiger partial charge in [0.1, 0.15) is 17.9 Å². The summed E-state index contributed by atoms with van der Waals surface area (Å²) in [5, 5.41) is 4.55. The highest BCUT2D eigenvalue weighted by Crippen LogP contribution is 2.34. The van der Waals surface area contributed by atoms with Gasteiger partial charge in [-0.05, 0) is 25.3 Å². The maximum absolute atomic E-state index is 12.2. The molecule has 20 heavy (non-hydrogen) atoms. The highest BCUT2D eigenvalue weighted by Gasteiger charge is 2.57. The van der Waals surface area contributed by atoms with Gasteiger partial charge in [-0.25, -0.2) is 5.06 Å². The van der Waals surface area contributed by atoms with Crippen molar-refractivity contribution in [3.63, 3.8) is 0 Å². The molecule has 2 unspecified atom stereocenters. The van der Waals surface area contributed by atoms with Crippen molar-refractivity contribution in [1.82, 2.24) is 10.4 Å². The Morgan fingerprint density at radius 1 is 1.45 bits per heavy atom. The van der Waals surface area contributed by atoms with Gasteiger partial charge in [0, 0.05) is 0 Å². The van der Waals surface area contributed by atoms with E-state index < -0.39 is 5.54 Å². The summed E-state index contributed by atoms with van der Waals surface area (Å²) in [6.45, 7) is 2.46. The maximum atomic E-state index is 12.2. The molecule has 2 aliphatic rings. The van der Waals surface area contributed by atoms with E-state index in [1.165, 1.54) is 5.06 Å². The topological polar surface area (TPSA) is 58.6 Å². The lowest BCUT2D eigenvalue weighted by Crippen LogP contribution is -2.71.